The van der Waals surface area contributed by atoms with Gasteiger partial charge < -0.3 is 14.8 Å². The van der Waals surface area contributed by atoms with Gasteiger partial charge in [0, 0.05) is 12.3 Å². The molecule has 0 saturated carbocycles. The molecule has 2 aromatic carbocycles. The summed E-state index contributed by atoms with van der Waals surface area (Å²) < 4.78 is 11.4. The van der Waals surface area contributed by atoms with Crippen molar-refractivity contribution < 1.29 is 14.3 Å². The number of ether oxygens (including phenoxy) is 2. The summed E-state index contributed by atoms with van der Waals surface area (Å²) in [6.07, 6.45) is 1.99. The first kappa shape index (κ1) is 18.9. The smallest absolute Gasteiger partial charge is 0.230 e. The molecule has 1 N–H and O–H groups in total. The molecule has 0 spiro atoms. The van der Waals surface area contributed by atoms with E-state index in [-0.39, 0.29) is 12.3 Å². The molecule has 0 aliphatic heterocycles. The number of fused-ring (bicyclic) bond motifs is 1. The Morgan fingerprint density at radius 3 is 2.59 bits per heavy atom. The minimum atomic E-state index is -0.102. The lowest BCUT2D eigenvalue weighted by Crippen LogP contribution is -2.14. The number of hydrogen-bond donors (Lipinski definition) is 1. The number of nitrogens with one attached hydrogen (secondary N) is 1. The Hall–Kier alpha value is -3.45. The van der Waals surface area contributed by atoms with Gasteiger partial charge in [-0.3, -0.25) is 4.79 Å². The van der Waals surface area contributed by atoms with Crippen molar-refractivity contribution in [2.75, 3.05) is 19.5 Å². The first-order valence-corrected chi connectivity index (χ1v) is 9.80. The maximum atomic E-state index is 12.4. The molecule has 29 heavy (non-hydrogen) atoms. The van der Waals surface area contributed by atoms with E-state index in [1.54, 1.807) is 20.4 Å². The lowest BCUT2D eigenvalue weighted by molar-refractivity contribution is -0.115. The molecule has 4 rings (SSSR count). The van der Waals surface area contributed by atoms with Gasteiger partial charge in [0.05, 0.1) is 30.9 Å². The number of methoxy groups -OCH3 is 2. The number of anilines is 1. The molecule has 6 nitrogen and oxygen atoms in total. The number of carbonyl (C=O) groups is 1. The molecular formula is C22H19N3O3S. The molecule has 0 atom stereocenters. The van der Waals surface area contributed by atoms with Gasteiger partial charge >= 0.3 is 0 Å². The Balaban J connectivity index is 1.43. The van der Waals surface area contributed by atoms with Gasteiger partial charge in [-0.1, -0.05) is 35.6 Å². The van der Waals surface area contributed by atoms with Gasteiger partial charge in [0.2, 0.25) is 11.8 Å². The Bertz CT molecular complexity index is 1160. The summed E-state index contributed by atoms with van der Waals surface area (Å²) in [4.78, 5) is 21.0. The summed E-state index contributed by atoms with van der Waals surface area (Å²) in [6, 6.07) is 17.3. The Morgan fingerprint density at radius 1 is 1.00 bits per heavy atom. The van der Waals surface area contributed by atoms with Crippen LogP contribution in [0.4, 0.5) is 5.13 Å². The molecule has 0 fully saturated rings. The molecule has 7 heteroatoms. The molecular weight excluding hydrogens is 386 g/mol. The topological polar surface area (TPSA) is 73.3 Å². The average molecular weight is 405 g/mol. The van der Waals surface area contributed by atoms with E-state index in [2.05, 4.69) is 15.3 Å². The lowest BCUT2D eigenvalue weighted by Gasteiger charge is -2.06. The van der Waals surface area contributed by atoms with E-state index in [1.165, 1.54) is 11.3 Å². The van der Waals surface area contributed by atoms with Crippen LogP contribution in [0.3, 0.4) is 0 Å². The minimum Gasteiger partial charge on any atom is -0.497 e. The second-order valence-electron chi connectivity index (χ2n) is 6.36. The fourth-order valence-corrected chi connectivity index (χ4v) is 3.86. The zero-order chi connectivity index (χ0) is 20.2. The normalized spacial score (nSPS) is 10.7. The van der Waals surface area contributed by atoms with Gasteiger partial charge in [0.1, 0.15) is 5.75 Å². The molecule has 0 aliphatic rings. The number of nitrogens with zero attached hydrogens (tertiary/aromatic N) is 2. The van der Waals surface area contributed by atoms with Gasteiger partial charge in [0.15, 0.2) is 5.13 Å². The minimum absolute atomic E-state index is 0.102. The highest BCUT2D eigenvalue weighted by molar-refractivity contribution is 7.22. The van der Waals surface area contributed by atoms with Crippen molar-refractivity contribution >= 4 is 32.6 Å². The molecule has 146 valence electrons. The third kappa shape index (κ3) is 4.35. The van der Waals surface area contributed by atoms with Crippen LogP contribution in [0.1, 0.15) is 5.56 Å². The molecule has 0 saturated heterocycles. The number of amides is 1. The summed E-state index contributed by atoms with van der Waals surface area (Å²) in [5.41, 5.74) is 3.81. The molecule has 2 aromatic heterocycles. The average Bonchev–Trinajstić information content (AvgIpc) is 3.15. The van der Waals surface area contributed by atoms with Crippen LogP contribution in [0.25, 0.3) is 21.3 Å². The van der Waals surface area contributed by atoms with Gasteiger partial charge in [-0.15, -0.1) is 0 Å². The van der Waals surface area contributed by atoms with Crippen LogP contribution in [0.15, 0.2) is 60.8 Å². The predicted octanol–water partition coefficient (Wildman–Crippen LogP) is 4.56. The number of pyridine rings is 1. The summed E-state index contributed by atoms with van der Waals surface area (Å²) in [7, 11) is 3.22. The molecule has 1 amide bonds. The van der Waals surface area contributed by atoms with Gasteiger partial charge in [-0.25, -0.2) is 9.97 Å². The Morgan fingerprint density at radius 2 is 1.83 bits per heavy atom. The van der Waals surface area contributed by atoms with Crippen molar-refractivity contribution in [2.45, 2.75) is 6.42 Å². The molecule has 2 heterocycles. The number of hydrogen-bond acceptors (Lipinski definition) is 6. The SMILES string of the molecule is COc1ccc2nc(NC(=O)Cc3ccc(-c4ccnc(OC)c4)cc3)sc2c1. The van der Waals surface area contributed by atoms with Gasteiger partial charge in [-0.2, -0.15) is 0 Å². The predicted molar refractivity (Wildman–Crippen MR) is 115 cm³/mol. The van der Waals surface area contributed by atoms with Crippen LogP contribution in [-0.4, -0.2) is 30.1 Å². The Kier molecular flexibility index (Phi) is 5.39. The van der Waals surface area contributed by atoms with E-state index < -0.39 is 0 Å². The summed E-state index contributed by atoms with van der Waals surface area (Å²) in [5, 5.41) is 3.46. The lowest BCUT2D eigenvalue weighted by atomic mass is 10.0. The van der Waals surface area contributed by atoms with Crippen molar-refractivity contribution in [3.05, 3.63) is 66.4 Å². The third-order valence-corrected chi connectivity index (χ3v) is 5.37. The van der Waals surface area contributed by atoms with Crippen LogP contribution >= 0.6 is 11.3 Å². The zero-order valence-electron chi connectivity index (χ0n) is 16.0. The quantitative estimate of drug-likeness (QED) is 0.509. The van der Waals surface area contributed by atoms with Gasteiger partial charge in [0.25, 0.3) is 0 Å². The number of carbonyl (C=O) groups excluding carboxylic acids is 1. The summed E-state index contributed by atoms with van der Waals surface area (Å²) in [5.74, 6) is 1.24. The molecule has 0 bridgehead atoms. The molecule has 0 radical (unpaired) electrons. The standard InChI is InChI=1S/C22H19N3O3S/c1-27-17-7-8-18-19(13-17)29-22(24-18)25-20(26)11-14-3-5-15(6-4-14)16-9-10-23-21(12-16)28-2/h3-10,12-13H,11H2,1-2H3,(H,24,25,26). The van der Waals surface area contributed by atoms with Crippen LogP contribution in [-0.2, 0) is 11.2 Å². The van der Waals surface area contributed by atoms with E-state index in [9.17, 15) is 4.79 Å². The molecule has 0 aliphatic carbocycles. The van der Waals surface area contributed by atoms with Crippen LogP contribution < -0.4 is 14.8 Å². The fraction of sp³-hybridized carbons (Fsp3) is 0.136. The highest BCUT2D eigenvalue weighted by atomic mass is 32.1. The van der Waals surface area contributed by atoms with Crippen molar-refractivity contribution in [1.29, 1.82) is 0 Å². The first-order valence-electron chi connectivity index (χ1n) is 8.98. The maximum Gasteiger partial charge on any atom is 0.230 e. The molecule has 4 aromatic rings. The number of rotatable bonds is 6. The van der Waals surface area contributed by atoms with Gasteiger partial charge in [-0.05, 0) is 41.0 Å². The second-order valence-corrected chi connectivity index (χ2v) is 7.39. The Labute approximate surface area is 172 Å². The van der Waals surface area contributed by atoms with Crippen molar-refractivity contribution in [1.82, 2.24) is 9.97 Å². The zero-order valence-corrected chi connectivity index (χ0v) is 16.8. The fourth-order valence-electron chi connectivity index (χ4n) is 2.95. The highest BCUT2D eigenvalue weighted by Crippen LogP contribution is 2.29. The van der Waals surface area contributed by atoms with Crippen molar-refractivity contribution in [3.63, 3.8) is 0 Å². The highest BCUT2D eigenvalue weighted by Gasteiger charge is 2.10. The van der Waals surface area contributed by atoms with E-state index >= 15 is 0 Å². The number of benzene rings is 2. The summed E-state index contributed by atoms with van der Waals surface area (Å²) in [6.45, 7) is 0. The van der Waals surface area contributed by atoms with E-state index in [1.807, 2.05) is 54.6 Å². The van der Waals surface area contributed by atoms with E-state index in [0.717, 1.165) is 32.7 Å². The van der Waals surface area contributed by atoms with Crippen molar-refractivity contribution in [2.24, 2.45) is 0 Å². The van der Waals surface area contributed by atoms with Crippen LogP contribution in [0, 0.1) is 0 Å². The van der Waals surface area contributed by atoms with Crippen LogP contribution in [0.5, 0.6) is 11.6 Å². The number of aromatic nitrogens is 2. The largest absolute Gasteiger partial charge is 0.497 e. The van der Waals surface area contributed by atoms with E-state index in [0.29, 0.717) is 11.0 Å². The monoisotopic (exact) mass is 405 g/mol. The number of thiazole rings is 1. The maximum absolute atomic E-state index is 12.4. The van der Waals surface area contributed by atoms with Crippen LogP contribution in [0.2, 0.25) is 0 Å². The first-order chi connectivity index (χ1) is 14.1. The summed E-state index contributed by atoms with van der Waals surface area (Å²) >= 11 is 1.43. The molecule has 0 unspecified atom stereocenters. The second kappa shape index (κ2) is 8.28. The van der Waals surface area contributed by atoms with E-state index in [4.69, 9.17) is 9.47 Å². The third-order valence-electron chi connectivity index (χ3n) is 4.44. The van der Waals surface area contributed by atoms with Crippen molar-refractivity contribution in [3.8, 4) is 22.8 Å².